The smallest absolute Gasteiger partial charge is 0.168 e. The number of para-hydroxylation sites is 1. The van der Waals surface area contributed by atoms with Gasteiger partial charge in [0.25, 0.3) is 0 Å². The molecule has 2 nitrogen and oxygen atoms in total. The van der Waals surface area contributed by atoms with Crippen molar-refractivity contribution in [3.05, 3.63) is 63.9 Å². The summed E-state index contributed by atoms with van der Waals surface area (Å²) >= 11 is 5.94. The van der Waals surface area contributed by atoms with Crippen LogP contribution in [0.25, 0.3) is 0 Å². The zero-order valence-corrected chi connectivity index (χ0v) is 12.0. The van der Waals surface area contributed by atoms with Gasteiger partial charge in [0.2, 0.25) is 0 Å². The number of carbonyl (C=O) groups excluding carboxylic acids is 1. The number of ketones is 1. The Labute approximate surface area is 122 Å². The molecule has 104 valence electrons. The van der Waals surface area contributed by atoms with Gasteiger partial charge in [-0.2, -0.15) is 0 Å². The number of hydrogen-bond donors (Lipinski definition) is 0. The van der Waals surface area contributed by atoms with Crippen molar-refractivity contribution in [2.45, 2.75) is 13.3 Å². The van der Waals surface area contributed by atoms with Crippen LogP contribution in [0.15, 0.2) is 36.4 Å². The van der Waals surface area contributed by atoms with Crippen molar-refractivity contribution in [3.8, 4) is 5.75 Å². The van der Waals surface area contributed by atoms with Crippen LogP contribution in [0.4, 0.5) is 4.39 Å². The van der Waals surface area contributed by atoms with Gasteiger partial charge >= 0.3 is 0 Å². The van der Waals surface area contributed by atoms with Gasteiger partial charge in [-0.25, -0.2) is 4.39 Å². The molecule has 0 heterocycles. The van der Waals surface area contributed by atoms with Gasteiger partial charge in [0, 0.05) is 17.5 Å². The SMILES string of the molecule is COc1ccccc1CC(=O)c1cc(C)c(F)cc1Cl. The number of carbonyl (C=O) groups is 1. The van der Waals surface area contributed by atoms with E-state index in [1.165, 1.54) is 12.1 Å². The molecular formula is C16H14ClFO2. The van der Waals surface area contributed by atoms with E-state index in [4.69, 9.17) is 16.3 Å². The molecule has 0 unspecified atom stereocenters. The molecular weight excluding hydrogens is 279 g/mol. The zero-order valence-electron chi connectivity index (χ0n) is 11.2. The van der Waals surface area contributed by atoms with Crippen LogP contribution in [0.3, 0.4) is 0 Å². The Morgan fingerprint density at radius 2 is 2.00 bits per heavy atom. The number of halogens is 2. The Kier molecular flexibility index (Phi) is 4.40. The third-order valence-corrected chi connectivity index (χ3v) is 3.40. The number of rotatable bonds is 4. The van der Waals surface area contributed by atoms with Crippen molar-refractivity contribution < 1.29 is 13.9 Å². The van der Waals surface area contributed by atoms with Crippen LogP contribution in [0.2, 0.25) is 5.02 Å². The lowest BCUT2D eigenvalue weighted by Gasteiger charge is -2.09. The van der Waals surface area contributed by atoms with E-state index in [9.17, 15) is 9.18 Å². The van der Waals surface area contributed by atoms with Gasteiger partial charge in [-0.05, 0) is 30.7 Å². The maximum absolute atomic E-state index is 13.4. The highest BCUT2D eigenvalue weighted by Crippen LogP contribution is 2.24. The number of Topliss-reactive ketones (excluding diaryl/α,β-unsaturated/α-hetero) is 1. The number of ether oxygens (including phenoxy) is 1. The fourth-order valence-electron chi connectivity index (χ4n) is 1.99. The summed E-state index contributed by atoms with van der Waals surface area (Å²) in [7, 11) is 1.55. The molecule has 0 aliphatic heterocycles. The highest BCUT2D eigenvalue weighted by molar-refractivity contribution is 6.34. The summed E-state index contributed by atoms with van der Waals surface area (Å²) < 4.78 is 18.6. The van der Waals surface area contributed by atoms with Crippen molar-refractivity contribution >= 4 is 17.4 Å². The van der Waals surface area contributed by atoms with Crippen molar-refractivity contribution in [1.29, 1.82) is 0 Å². The molecule has 2 aromatic carbocycles. The quantitative estimate of drug-likeness (QED) is 0.789. The molecule has 20 heavy (non-hydrogen) atoms. The van der Waals surface area contributed by atoms with Crippen molar-refractivity contribution in [3.63, 3.8) is 0 Å². The third-order valence-electron chi connectivity index (χ3n) is 3.09. The highest BCUT2D eigenvalue weighted by Gasteiger charge is 2.15. The first-order valence-electron chi connectivity index (χ1n) is 6.13. The minimum atomic E-state index is -0.413. The van der Waals surface area contributed by atoms with E-state index in [2.05, 4.69) is 0 Å². The standard InChI is InChI=1S/C16H14ClFO2/c1-10-7-12(13(17)9-14(10)18)15(19)8-11-5-3-4-6-16(11)20-2/h3-7,9H,8H2,1-2H3. The molecule has 0 N–H and O–H groups in total. The first kappa shape index (κ1) is 14.5. The molecule has 0 saturated carbocycles. The fourth-order valence-corrected chi connectivity index (χ4v) is 2.24. The second kappa shape index (κ2) is 6.06. The van der Waals surface area contributed by atoms with Crippen LogP contribution in [0.5, 0.6) is 5.75 Å². The molecule has 0 fully saturated rings. The lowest BCUT2D eigenvalue weighted by Crippen LogP contribution is -2.06. The molecule has 0 saturated heterocycles. The average molecular weight is 293 g/mol. The summed E-state index contributed by atoms with van der Waals surface area (Å²) in [6, 6.07) is 9.94. The van der Waals surface area contributed by atoms with Crippen molar-refractivity contribution in [1.82, 2.24) is 0 Å². The summed E-state index contributed by atoms with van der Waals surface area (Å²) in [4.78, 5) is 12.3. The van der Waals surface area contributed by atoms with Gasteiger partial charge in [0.15, 0.2) is 5.78 Å². The van der Waals surface area contributed by atoms with E-state index in [0.29, 0.717) is 16.9 Å². The molecule has 0 atom stereocenters. The van der Waals surface area contributed by atoms with Gasteiger partial charge in [-0.15, -0.1) is 0 Å². The molecule has 0 spiro atoms. The van der Waals surface area contributed by atoms with E-state index < -0.39 is 5.82 Å². The summed E-state index contributed by atoms with van der Waals surface area (Å²) in [5, 5.41) is 0.132. The van der Waals surface area contributed by atoms with Gasteiger partial charge in [0.05, 0.1) is 12.1 Å². The Morgan fingerprint density at radius 1 is 1.30 bits per heavy atom. The number of hydrogen-bond acceptors (Lipinski definition) is 2. The maximum Gasteiger partial charge on any atom is 0.168 e. The second-order valence-electron chi connectivity index (χ2n) is 4.49. The van der Waals surface area contributed by atoms with Gasteiger partial charge < -0.3 is 4.74 Å². The van der Waals surface area contributed by atoms with Gasteiger partial charge in [0.1, 0.15) is 11.6 Å². The molecule has 0 amide bonds. The average Bonchev–Trinajstić information content (AvgIpc) is 2.43. The molecule has 4 heteroatoms. The van der Waals surface area contributed by atoms with E-state index >= 15 is 0 Å². The van der Waals surface area contributed by atoms with Crippen molar-refractivity contribution in [2.75, 3.05) is 7.11 Å². The Bertz CT molecular complexity index is 653. The predicted octanol–water partition coefficient (Wildman–Crippen LogP) is 4.22. The van der Waals surface area contributed by atoms with Crippen LogP contribution >= 0.6 is 11.6 Å². The molecule has 0 radical (unpaired) electrons. The third kappa shape index (κ3) is 2.99. The van der Waals surface area contributed by atoms with E-state index in [-0.39, 0.29) is 17.2 Å². The Balaban J connectivity index is 2.31. The van der Waals surface area contributed by atoms with Crippen LogP contribution in [0, 0.1) is 12.7 Å². The Hall–Kier alpha value is -1.87. The Morgan fingerprint density at radius 3 is 2.70 bits per heavy atom. The minimum Gasteiger partial charge on any atom is -0.496 e. The van der Waals surface area contributed by atoms with E-state index in [1.807, 2.05) is 18.2 Å². The normalized spacial score (nSPS) is 10.4. The largest absolute Gasteiger partial charge is 0.496 e. The van der Waals surface area contributed by atoms with Crippen LogP contribution in [0.1, 0.15) is 21.5 Å². The topological polar surface area (TPSA) is 26.3 Å². The summed E-state index contributed by atoms with van der Waals surface area (Å²) in [5.74, 6) is 0.0715. The van der Waals surface area contributed by atoms with Gasteiger partial charge in [-0.1, -0.05) is 29.8 Å². The van der Waals surface area contributed by atoms with Gasteiger partial charge in [-0.3, -0.25) is 4.79 Å². The second-order valence-corrected chi connectivity index (χ2v) is 4.90. The first-order valence-corrected chi connectivity index (χ1v) is 6.51. The molecule has 0 aromatic heterocycles. The molecule has 0 aliphatic rings. The van der Waals surface area contributed by atoms with E-state index in [0.717, 1.165) is 5.56 Å². The number of methoxy groups -OCH3 is 1. The summed E-state index contributed by atoms with van der Waals surface area (Å²) in [6.07, 6.45) is 0.162. The fraction of sp³-hybridized carbons (Fsp3) is 0.188. The minimum absolute atomic E-state index is 0.132. The van der Waals surface area contributed by atoms with Crippen LogP contribution in [-0.4, -0.2) is 12.9 Å². The summed E-state index contributed by atoms with van der Waals surface area (Å²) in [5.41, 5.74) is 1.51. The maximum atomic E-state index is 13.4. The lowest BCUT2D eigenvalue weighted by molar-refractivity contribution is 0.0992. The van der Waals surface area contributed by atoms with Crippen molar-refractivity contribution in [2.24, 2.45) is 0 Å². The highest BCUT2D eigenvalue weighted by atomic mass is 35.5. The summed E-state index contributed by atoms with van der Waals surface area (Å²) in [6.45, 7) is 1.60. The zero-order chi connectivity index (χ0) is 14.7. The van der Waals surface area contributed by atoms with Crippen LogP contribution in [-0.2, 0) is 6.42 Å². The number of benzene rings is 2. The monoisotopic (exact) mass is 292 g/mol. The molecule has 0 bridgehead atoms. The molecule has 2 aromatic rings. The molecule has 2 rings (SSSR count). The number of aryl methyl sites for hydroxylation is 1. The predicted molar refractivity (Wildman–Crippen MR) is 77.2 cm³/mol. The van der Waals surface area contributed by atoms with E-state index in [1.54, 1.807) is 20.1 Å². The first-order chi connectivity index (χ1) is 9.52. The molecule has 0 aliphatic carbocycles. The van der Waals surface area contributed by atoms with Crippen LogP contribution < -0.4 is 4.74 Å². The lowest BCUT2D eigenvalue weighted by atomic mass is 10.0.